The number of alkyl halides is 2. The number of aliphatic imine (C=N–C) groups is 1. The standard InChI is InChI=1S/C17H21F3N4O3/c1-9-10(2)27-16(22)24-17(9,15(19)20)12-7-11(3-4-13(12)18)23-14(25)5-6-26-8-21/h3-4,7-10,15,21H,5-6H2,1-2H3,(H2,22,24)(H,23,25)/t9-,10+,17-/m0/s1. The zero-order valence-corrected chi connectivity index (χ0v) is 14.8. The summed E-state index contributed by atoms with van der Waals surface area (Å²) in [6, 6.07) is 2.93. The van der Waals surface area contributed by atoms with Crippen LogP contribution in [0.3, 0.4) is 0 Å². The molecule has 3 atom stereocenters. The molecule has 1 aromatic rings. The lowest BCUT2D eigenvalue weighted by Crippen LogP contribution is -2.51. The van der Waals surface area contributed by atoms with Crippen LogP contribution in [0.25, 0.3) is 0 Å². The van der Waals surface area contributed by atoms with Gasteiger partial charge >= 0.3 is 0 Å². The molecule has 0 aromatic heterocycles. The Balaban J connectivity index is 2.42. The number of carbonyl (C=O) groups excluding carboxylic acids is 1. The van der Waals surface area contributed by atoms with Gasteiger partial charge in [-0.05, 0) is 25.1 Å². The molecule has 1 aliphatic heterocycles. The molecule has 1 heterocycles. The average molecular weight is 386 g/mol. The molecule has 1 aromatic carbocycles. The number of anilines is 1. The van der Waals surface area contributed by atoms with Crippen molar-refractivity contribution in [3.63, 3.8) is 0 Å². The number of benzene rings is 1. The summed E-state index contributed by atoms with van der Waals surface area (Å²) in [7, 11) is 0. The van der Waals surface area contributed by atoms with E-state index in [-0.39, 0.29) is 24.3 Å². The van der Waals surface area contributed by atoms with Crippen LogP contribution in [0.4, 0.5) is 18.9 Å². The number of amides is 1. The molecule has 27 heavy (non-hydrogen) atoms. The van der Waals surface area contributed by atoms with Crippen molar-refractivity contribution in [2.24, 2.45) is 16.6 Å². The summed E-state index contributed by atoms with van der Waals surface area (Å²) in [5, 5.41) is 9.21. The molecule has 0 fully saturated rings. The molecule has 4 N–H and O–H groups in total. The number of amidine groups is 1. The molecule has 0 aliphatic carbocycles. The molecule has 148 valence electrons. The number of rotatable bonds is 7. The van der Waals surface area contributed by atoms with Gasteiger partial charge in [0.15, 0.2) is 11.9 Å². The van der Waals surface area contributed by atoms with Crippen molar-refractivity contribution in [1.82, 2.24) is 0 Å². The van der Waals surface area contributed by atoms with Crippen molar-refractivity contribution in [2.75, 3.05) is 11.9 Å². The van der Waals surface area contributed by atoms with Crippen molar-refractivity contribution in [3.05, 3.63) is 29.6 Å². The molecular weight excluding hydrogens is 365 g/mol. The second-order valence-corrected chi connectivity index (χ2v) is 6.17. The predicted octanol–water partition coefficient (Wildman–Crippen LogP) is 2.61. The second-order valence-electron chi connectivity index (χ2n) is 6.17. The molecule has 1 amide bonds. The second kappa shape index (κ2) is 8.28. The number of nitrogens with zero attached hydrogens (tertiary/aromatic N) is 1. The van der Waals surface area contributed by atoms with E-state index in [1.807, 2.05) is 0 Å². The zero-order valence-electron chi connectivity index (χ0n) is 14.8. The van der Waals surface area contributed by atoms with E-state index < -0.39 is 41.7 Å². The van der Waals surface area contributed by atoms with Crippen LogP contribution in [0, 0.1) is 17.1 Å². The highest BCUT2D eigenvalue weighted by atomic mass is 19.3. The van der Waals surface area contributed by atoms with Crippen LogP contribution in [0.2, 0.25) is 0 Å². The van der Waals surface area contributed by atoms with Gasteiger partial charge < -0.3 is 20.5 Å². The highest BCUT2D eigenvalue weighted by Crippen LogP contribution is 2.45. The quantitative estimate of drug-likeness (QED) is 0.380. The average Bonchev–Trinajstić information content (AvgIpc) is 2.60. The van der Waals surface area contributed by atoms with Gasteiger partial charge in [0, 0.05) is 17.2 Å². The Kier molecular flexibility index (Phi) is 6.29. The maximum Gasteiger partial charge on any atom is 0.283 e. The number of hydrogen-bond donors (Lipinski definition) is 3. The van der Waals surface area contributed by atoms with E-state index in [9.17, 15) is 18.0 Å². The fourth-order valence-electron chi connectivity index (χ4n) is 2.98. The minimum Gasteiger partial charge on any atom is -0.483 e. The molecule has 1 aliphatic rings. The molecule has 0 saturated heterocycles. The summed E-state index contributed by atoms with van der Waals surface area (Å²) in [6.45, 7) is 3.01. The number of halogens is 3. The van der Waals surface area contributed by atoms with Crippen molar-refractivity contribution < 1.29 is 27.4 Å². The van der Waals surface area contributed by atoms with Gasteiger partial charge in [-0.25, -0.2) is 18.2 Å². The molecule has 0 saturated carbocycles. The van der Waals surface area contributed by atoms with Gasteiger partial charge in [0.1, 0.15) is 11.9 Å². The first-order valence-corrected chi connectivity index (χ1v) is 8.23. The van der Waals surface area contributed by atoms with Crippen molar-refractivity contribution >= 4 is 24.0 Å². The van der Waals surface area contributed by atoms with E-state index >= 15 is 0 Å². The van der Waals surface area contributed by atoms with Gasteiger partial charge in [0.05, 0.1) is 13.0 Å². The van der Waals surface area contributed by atoms with E-state index in [0.717, 1.165) is 12.1 Å². The normalized spacial score (nSPS) is 24.7. The third-order valence-corrected chi connectivity index (χ3v) is 4.54. The third kappa shape index (κ3) is 4.15. The zero-order chi connectivity index (χ0) is 20.2. The van der Waals surface area contributed by atoms with Crippen molar-refractivity contribution in [2.45, 2.75) is 38.3 Å². The van der Waals surface area contributed by atoms with Crippen LogP contribution in [0.5, 0.6) is 0 Å². The number of nitrogens with two attached hydrogens (primary N) is 1. The van der Waals surface area contributed by atoms with Gasteiger partial charge in [-0.15, -0.1) is 0 Å². The lowest BCUT2D eigenvalue weighted by Gasteiger charge is -2.41. The molecule has 10 heteroatoms. The Morgan fingerprint density at radius 3 is 2.85 bits per heavy atom. The Morgan fingerprint density at radius 1 is 1.52 bits per heavy atom. The van der Waals surface area contributed by atoms with E-state index in [0.29, 0.717) is 6.40 Å². The predicted molar refractivity (Wildman–Crippen MR) is 93.4 cm³/mol. The summed E-state index contributed by atoms with van der Waals surface area (Å²) >= 11 is 0. The van der Waals surface area contributed by atoms with Gasteiger partial charge in [-0.1, -0.05) is 6.92 Å². The minimum absolute atomic E-state index is 0.0168. The van der Waals surface area contributed by atoms with Gasteiger partial charge in [0.25, 0.3) is 12.4 Å². The molecule has 0 radical (unpaired) electrons. The number of hydrogen-bond acceptors (Lipinski definition) is 6. The lowest BCUT2D eigenvalue weighted by molar-refractivity contribution is -0.116. The Morgan fingerprint density at radius 2 is 2.22 bits per heavy atom. The first-order valence-electron chi connectivity index (χ1n) is 8.23. The smallest absolute Gasteiger partial charge is 0.283 e. The SMILES string of the molecule is C[C@H]1OC(N)=N[C@@](c2cc(NC(=O)CCOC=N)ccc2F)(C(F)F)[C@H]1C. The first kappa shape index (κ1) is 20.5. The maximum absolute atomic E-state index is 14.5. The molecule has 7 nitrogen and oxygen atoms in total. The highest BCUT2D eigenvalue weighted by molar-refractivity contribution is 5.91. The van der Waals surface area contributed by atoms with Crippen LogP contribution in [-0.4, -0.2) is 37.5 Å². The number of carbonyl (C=O) groups is 1. The maximum atomic E-state index is 14.5. The fourth-order valence-corrected chi connectivity index (χ4v) is 2.98. The van der Waals surface area contributed by atoms with Crippen molar-refractivity contribution in [1.29, 1.82) is 5.41 Å². The Bertz CT molecular complexity index is 744. The number of ether oxygens (including phenoxy) is 2. The fraction of sp³-hybridized carbons (Fsp3) is 0.471. The van der Waals surface area contributed by atoms with E-state index in [4.69, 9.17) is 15.9 Å². The van der Waals surface area contributed by atoms with Crippen molar-refractivity contribution in [3.8, 4) is 0 Å². The first-order chi connectivity index (χ1) is 12.7. The van der Waals surface area contributed by atoms with Gasteiger partial charge in [-0.2, -0.15) is 0 Å². The molecule has 0 bridgehead atoms. The third-order valence-electron chi connectivity index (χ3n) is 4.54. The van der Waals surface area contributed by atoms with Crippen LogP contribution in [-0.2, 0) is 19.8 Å². The van der Waals surface area contributed by atoms with Crippen LogP contribution in [0.15, 0.2) is 23.2 Å². The minimum atomic E-state index is -3.06. The summed E-state index contributed by atoms with van der Waals surface area (Å²) < 4.78 is 52.6. The van der Waals surface area contributed by atoms with E-state index in [1.54, 1.807) is 6.92 Å². The van der Waals surface area contributed by atoms with Gasteiger partial charge in [-0.3, -0.25) is 10.2 Å². The lowest BCUT2D eigenvalue weighted by atomic mass is 9.76. The van der Waals surface area contributed by atoms with Crippen LogP contribution >= 0.6 is 0 Å². The van der Waals surface area contributed by atoms with E-state index in [1.165, 1.54) is 13.0 Å². The van der Waals surface area contributed by atoms with Crippen LogP contribution < -0.4 is 11.1 Å². The summed E-state index contributed by atoms with van der Waals surface area (Å²) in [5.41, 5.74) is 3.06. The van der Waals surface area contributed by atoms with Crippen LogP contribution in [0.1, 0.15) is 25.8 Å². The monoisotopic (exact) mass is 386 g/mol. The summed E-state index contributed by atoms with van der Waals surface area (Å²) in [4.78, 5) is 15.6. The molecule has 0 unspecified atom stereocenters. The molecular formula is C17H21F3N4O3. The summed E-state index contributed by atoms with van der Waals surface area (Å²) in [5.74, 6) is -2.25. The molecule has 0 spiro atoms. The molecule has 2 rings (SSSR count). The topological polar surface area (TPSA) is 110 Å². The highest BCUT2D eigenvalue weighted by Gasteiger charge is 2.53. The Labute approximate surface area is 154 Å². The summed E-state index contributed by atoms with van der Waals surface area (Å²) in [6.07, 6.45) is -3.13. The van der Waals surface area contributed by atoms with Gasteiger partial charge in [0.2, 0.25) is 5.91 Å². The largest absolute Gasteiger partial charge is 0.483 e. The van der Waals surface area contributed by atoms with E-state index in [2.05, 4.69) is 15.0 Å². The Hall–Kier alpha value is -2.78. The number of nitrogens with one attached hydrogen (secondary N) is 2.